The molecule has 3 heterocycles. The molecule has 33 heavy (non-hydrogen) atoms. The summed E-state index contributed by atoms with van der Waals surface area (Å²) in [5.74, 6) is 0.361. The van der Waals surface area contributed by atoms with Crippen molar-refractivity contribution in [2.45, 2.75) is 38.3 Å². The number of fused-ring (bicyclic) bond motifs is 2. The van der Waals surface area contributed by atoms with Crippen LogP contribution >= 0.6 is 0 Å². The van der Waals surface area contributed by atoms with Gasteiger partial charge in [0.1, 0.15) is 0 Å². The van der Waals surface area contributed by atoms with Crippen LogP contribution in [-0.2, 0) is 19.4 Å². The molecule has 3 aliphatic rings. The minimum Gasteiger partial charge on any atom is -0.396 e. The highest BCUT2D eigenvalue weighted by atomic mass is 16.3. The Bertz CT molecular complexity index is 994. The Morgan fingerprint density at radius 2 is 1.79 bits per heavy atom. The number of hydrogen-bond acceptors (Lipinski definition) is 5. The van der Waals surface area contributed by atoms with Crippen molar-refractivity contribution < 1.29 is 15.0 Å². The van der Waals surface area contributed by atoms with E-state index in [9.17, 15) is 15.0 Å². The van der Waals surface area contributed by atoms with Gasteiger partial charge in [-0.1, -0.05) is 24.3 Å². The molecule has 1 amide bonds. The van der Waals surface area contributed by atoms with Crippen LogP contribution in [-0.4, -0.2) is 77.9 Å². The van der Waals surface area contributed by atoms with E-state index in [1.807, 2.05) is 17.0 Å². The second kappa shape index (κ2) is 9.84. The number of β-amino-alcohol motifs (C(OH)–C–C–N with tert-alkyl or cyclic N) is 1. The van der Waals surface area contributed by atoms with Gasteiger partial charge in [0.25, 0.3) is 5.91 Å². The number of aliphatic hydroxyl groups excluding tert-OH is 2. The van der Waals surface area contributed by atoms with Crippen LogP contribution in [0.25, 0.3) is 0 Å². The lowest BCUT2D eigenvalue weighted by atomic mass is 9.95. The summed E-state index contributed by atoms with van der Waals surface area (Å²) in [7, 11) is 0. The van der Waals surface area contributed by atoms with E-state index in [4.69, 9.17) is 0 Å². The molecule has 0 bridgehead atoms. The predicted molar refractivity (Wildman–Crippen MR) is 130 cm³/mol. The van der Waals surface area contributed by atoms with Crippen molar-refractivity contribution in [2.75, 3.05) is 50.8 Å². The molecule has 0 saturated carbocycles. The molecule has 3 aliphatic heterocycles. The van der Waals surface area contributed by atoms with Crippen molar-refractivity contribution in [3.8, 4) is 0 Å². The third kappa shape index (κ3) is 4.93. The third-order valence-corrected chi connectivity index (χ3v) is 7.51. The van der Waals surface area contributed by atoms with Gasteiger partial charge in [-0.05, 0) is 66.5 Å². The smallest absolute Gasteiger partial charge is 0.254 e. The summed E-state index contributed by atoms with van der Waals surface area (Å²) in [6.45, 7) is 5.54. The van der Waals surface area contributed by atoms with Crippen molar-refractivity contribution in [1.29, 1.82) is 0 Å². The van der Waals surface area contributed by atoms with E-state index in [0.29, 0.717) is 25.6 Å². The molecule has 0 aromatic heterocycles. The minimum absolute atomic E-state index is 0.0257. The van der Waals surface area contributed by atoms with E-state index in [2.05, 4.69) is 40.1 Å². The zero-order chi connectivity index (χ0) is 22.8. The number of amides is 1. The normalized spacial score (nSPS) is 22.1. The molecule has 6 nitrogen and oxygen atoms in total. The molecule has 2 aromatic carbocycles. The predicted octanol–water partition coefficient (Wildman–Crippen LogP) is 2.31. The first-order valence-corrected chi connectivity index (χ1v) is 12.4. The maximum atomic E-state index is 13.1. The number of benzene rings is 2. The van der Waals surface area contributed by atoms with E-state index >= 15 is 0 Å². The molecule has 176 valence electrons. The van der Waals surface area contributed by atoms with Gasteiger partial charge in [0, 0.05) is 63.7 Å². The minimum atomic E-state index is -0.552. The highest BCUT2D eigenvalue weighted by Crippen LogP contribution is 2.28. The molecule has 1 saturated heterocycles. The van der Waals surface area contributed by atoms with Gasteiger partial charge < -0.3 is 20.0 Å². The zero-order valence-electron chi connectivity index (χ0n) is 19.3. The molecule has 0 spiro atoms. The maximum Gasteiger partial charge on any atom is 0.254 e. The Hall–Kier alpha value is -2.41. The highest BCUT2D eigenvalue weighted by molar-refractivity contribution is 5.97. The number of aliphatic hydroxyl groups is 2. The van der Waals surface area contributed by atoms with Crippen molar-refractivity contribution in [1.82, 2.24) is 9.80 Å². The fraction of sp³-hybridized carbons (Fsp3) is 0.519. The third-order valence-electron chi connectivity index (χ3n) is 7.51. The van der Waals surface area contributed by atoms with Crippen molar-refractivity contribution in [2.24, 2.45) is 5.92 Å². The second-order valence-electron chi connectivity index (χ2n) is 9.89. The first-order chi connectivity index (χ1) is 16.1. The van der Waals surface area contributed by atoms with E-state index in [0.717, 1.165) is 68.7 Å². The topological polar surface area (TPSA) is 67.2 Å². The van der Waals surface area contributed by atoms with Crippen molar-refractivity contribution in [3.05, 3.63) is 64.7 Å². The lowest BCUT2D eigenvalue weighted by molar-refractivity contribution is 0.0493. The molecule has 6 heteroatoms. The van der Waals surface area contributed by atoms with E-state index in [-0.39, 0.29) is 12.5 Å². The largest absolute Gasteiger partial charge is 0.396 e. The van der Waals surface area contributed by atoms with Crippen LogP contribution < -0.4 is 4.90 Å². The van der Waals surface area contributed by atoms with Crippen LogP contribution in [0.15, 0.2) is 42.5 Å². The number of carbonyl (C=O) groups is 1. The summed E-state index contributed by atoms with van der Waals surface area (Å²) < 4.78 is 0. The number of nitrogens with zero attached hydrogens (tertiary/aromatic N) is 3. The van der Waals surface area contributed by atoms with E-state index in [1.165, 1.54) is 11.1 Å². The first kappa shape index (κ1) is 22.4. The number of rotatable bonds is 6. The Kier molecular flexibility index (Phi) is 6.67. The molecule has 2 aromatic rings. The monoisotopic (exact) mass is 449 g/mol. The van der Waals surface area contributed by atoms with Gasteiger partial charge in [-0.25, -0.2) is 0 Å². The molecule has 1 unspecified atom stereocenters. The maximum absolute atomic E-state index is 13.1. The van der Waals surface area contributed by atoms with Crippen LogP contribution in [0.4, 0.5) is 5.69 Å². The molecule has 5 rings (SSSR count). The van der Waals surface area contributed by atoms with Gasteiger partial charge in [-0.3, -0.25) is 9.69 Å². The second-order valence-corrected chi connectivity index (χ2v) is 9.89. The van der Waals surface area contributed by atoms with E-state index < -0.39 is 6.10 Å². The standard InChI is InChI=1S/C27H35N3O3/c31-19-20-4-3-11-29(15-20)24-7-8-26-22(14-24)10-13-30(27(26)33)18-25(32)17-28-12-9-21-5-1-2-6-23(21)16-28/h1-2,5-8,14,20,25,31-32H,3-4,9-13,15-19H2/t20?,25-/m1/s1. The lowest BCUT2D eigenvalue weighted by Crippen LogP contribution is -2.46. The Balaban J connectivity index is 1.19. The number of piperidine rings is 1. The summed E-state index contributed by atoms with van der Waals surface area (Å²) in [4.78, 5) is 19.6. The van der Waals surface area contributed by atoms with Gasteiger partial charge in [0.2, 0.25) is 0 Å². The SMILES string of the molecule is O=C1c2ccc(N3CCCC(CO)C3)cc2CCN1C[C@H](O)CN1CCc2ccccc2C1. The highest BCUT2D eigenvalue weighted by Gasteiger charge is 2.28. The van der Waals surface area contributed by atoms with E-state index in [1.54, 1.807) is 0 Å². The summed E-state index contributed by atoms with van der Waals surface area (Å²) >= 11 is 0. The summed E-state index contributed by atoms with van der Waals surface area (Å²) in [6, 6.07) is 14.7. The van der Waals surface area contributed by atoms with Gasteiger partial charge in [-0.2, -0.15) is 0 Å². The quantitative estimate of drug-likeness (QED) is 0.709. The molecule has 0 aliphatic carbocycles. The Morgan fingerprint density at radius 3 is 2.64 bits per heavy atom. The summed E-state index contributed by atoms with van der Waals surface area (Å²) in [6.07, 6.45) is 3.45. The van der Waals surface area contributed by atoms with Crippen LogP contribution in [0.2, 0.25) is 0 Å². The fourth-order valence-corrected chi connectivity index (χ4v) is 5.66. The Labute approximate surface area is 196 Å². The first-order valence-electron chi connectivity index (χ1n) is 12.4. The molecule has 2 atom stereocenters. The van der Waals surface area contributed by atoms with Gasteiger partial charge in [0.05, 0.1) is 6.10 Å². The Morgan fingerprint density at radius 1 is 0.970 bits per heavy atom. The van der Waals surface area contributed by atoms with Gasteiger partial charge in [-0.15, -0.1) is 0 Å². The fourth-order valence-electron chi connectivity index (χ4n) is 5.66. The molecular weight excluding hydrogens is 414 g/mol. The van der Waals surface area contributed by atoms with Crippen LogP contribution in [0.1, 0.15) is 39.9 Å². The van der Waals surface area contributed by atoms with Crippen LogP contribution in [0, 0.1) is 5.92 Å². The number of anilines is 1. The van der Waals surface area contributed by atoms with Crippen LogP contribution in [0.5, 0.6) is 0 Å². The van der Waals surface area contributed by atoms with Gasteiger partial charge >= 0.3 is 0 Å². The summed E-state index contributed by atoms with van der Waals surface area (Å²) in [5.41, 5.74) is 5.76. The number of carbonyl (C=O) groups excluding carboxylic acids is 1. The van der Waals surface area contributed by atoms with Crippen molar-refractivity contribution >= 4 is 11.6 Å². The number of hydrogen-bond donors (Lipinski definition) is 2. The van der Waals surface area contributed by atoms with Crippen molar-refractivity contribution in [3.63, 3.8) is 0 Å². The molecule has 2 N–H and O–H groups in total. The molecular formula is C27H35N3O3. The summed E-state index contributed by atoms with van der Waals surface area (Å²) in [5, 5.41) is 20.3. The van der Waals surface area contributed by atoms with Crippen LogP contribution in [0.3, 0.4) is 0 Å². The average molecular weight is 450 g/mol. The lowest BCUT2D eigenvalue weighted by Gasteiger charge is -2.36. The molecule has 1 fully saturated rings. The molecule has 0 radical (unpaired) electrons. The zero-order valence-corrected chi connectivity index (χ0v) is 19.3. The van der Waals surface area contributed by atoms with Gasteiger partial charge in [0.15, 0.2) is 0 Å². The average Bonchev–Trinajstić information content (AvgIpc) is 2.85.